The van der Waals surface area contributed by atoms with Crippen LogP contribution in [-0.2, 0) is 4.79 Å². The Morgan fingerprint density at radius 2 is 1.94 bits per heavy atom. The van der Waals surface area contributed by atoms with E-state index in [0.717, 1.165) is 13.1 Å². The summed E-state index contributed by atoms with van der Waals surface area (Å²) in [4.78, 5) is 26.1. The number of carbonyl (C=O) groups is 1. The molecule has 0 spiro atoms. The first-order chi connectivity index (χ1) is 8.10. The van der Waals surface area contributed by atoms with Crippen molar-refractivity contribution in [2.75, 3.05) is 19.6 Å². The van der Waals surface area contributed by atoms with Gasteiger partial charge in [-0.25, -0.2) is 4.98 Å². The van der Waals surface area contributed by atoms with Crippen LogP contribution in [0, 0.1) is 0 Å². The number of likely N-dealkylation sites (N-methyl/N-ethyl adjacent to an activating group) is 1. The summed E-state index contributed by atoms with van der Waals surface area (Å²) in [6, 6.07) is 6.55. The molecular formula is C12H19N3O2. The predicted molar refractivity (Wildman–Crippen MR) is 67.5 cm³/mol. The zero-order chi connectivity index (χ0) is 13.1. The molecule has 94 valence electrons. The maximum Gasteiger partial charge on any atom is 0.269 e. The van der Waals surface area contributed by atoms with Crippen LogP contribution < -0.4 is 11.3 Å². The molecule has 0 radical (unpaired) electrons. The highest BCUT2D eigenvalue weighted by molar-refractivity contribution is 5.75. The summed E-state index contributed by atoms with van der Waals surface area (Å²) < 4.78 is 0. The Hall–Kier alpha value is -1.75. The van der Waals surface area contributed by atoms with Gasteiger partial charge < -0.3 is 5.73 Å². The fourth-order valence-electron chi connectivity index (χ4n) is 1.08. The van der Waals surface area contributed by atoms with Gasteiger partial charge in [-0.3, -0.25) is 14.5 Å². The molecule has 0 fully saturated rings. The fraction of sp³-hybridized carbons (Fsp3) is 0.417. The van der Waals surface area contributed by atoms with Crippen molar-refractivity contribution >= 4 is 5.91 Å². The largest absolute Gasteiger partial charge is 0.369 e. The van der Waals surface area contributed by atoms with Gasteiger partial charge in [0.05, 0.1) is 6.54 Å². The number of amides is 1. The maximum absolute atomic E-state index is 10.4. The van der Waals surface area contributed by atoms with E-state index in [1.54, 1.807) is 18.2 Å². The SMILES string of the molecule is CCN(CC)CC(N)=O.O=c1cccccn1. The Morgan fingerprint density at radius 1 is 1.29 bits per heavy atom. The lowest BCUT2D eigenvalue weighted by Crippen LogP contribution is -2.33. The van der Waals surface area contributed by atoms with E-state index in [4.69, 9.17) is 5.73 Å². The number of hydrogen-bond acceptors (Lipinski definition) is 4. The van der Waals surface area contributed by atoms with Crippen LogP contribution in [0.1, 0.15) is 13.8 Å². The Labute approximate surface area is 101 Å². The summed E-state index contributed by atoms with van der Waals surface area (Å²) in [6.07, 6.45) is 1.47. The molecule has 2 N–H and O–H groups in total. The molecule has 1 amide bonds. The zero-order valence-electron chi connectivity index (χ0n) is 10.3. The molecule has 0 aliphatic heterocycles. The number of aromatic nitrogens is 1. The number of rotatable bonds is 4. The van der Waals surface area contributed by atoms with Crippen LogP contribution in [0.15, 0.2) is 35.3 Å². The van der Waals surface area contributed by atoms with Gasteiger partial charge in [-0.15, -0.1) is 0 Å². The smallest absolute Gasteiger partial charge is 0.269 e. The second-order valence-electron chi connectivity index (χ2n) is 3.29. The van der Waals surface area contributed by atoms with E-state index in [0.29, 0.717) is 6.54 Å². The lowest BCUT2D eigenvalue weighted by Gasteiger charge is -2.14. The maximum atomic E-state index is 10.4. The summed E-state index contributed by atoms with van der Waals surface area (Å²) in [6.45, 7) is 6.17. The van der Waals surface area contributed by atoms with E-state index in [1.165, 1.54) is 12.3 Å². The lowest BCUT2D eigenvalue weighted by molar-refractivity contribution is -0.119. The predicted octanol–water partition coefficient (Wildman–Crippen LogP) is 0.255. The summed E-state index contributed by atoms with van der Waals surface area (Å²) in [5.41, 5.74) is 4.76. The number of carbonyl (C=O) groups excluding carboxylic acids is 1. The molecule has 5 heteroatoms. The molecule has 0 atom stereocenters. The van der Waals surface area contributed by atoms with Gasteiger partial charge in [0.15, 0.2) is 0 Å². The van der Waals surface area contributed by atoms with E-state index in [2.05, 4.69) is 4.98 Å². The number of hydrogen-bond donors (Lipinski definition) is 1. The minimum absolute atomic E-state index is 0.199. The summed E-state index contributed by atoms with van der Waals surface area (Å²) >= 11 is 0. The molecule has 0 bridgehead atoms. The van der Waals surface area contributed by atoms with Gasteiger partial charge in [-0.1, -0.05) is 26.0 Å². The Kier molecular flexibility index (Phi) is 8.50. The molecule has 17 heavy (non-hydrogen) atoms. The molecule has 0 aromatic carbocycles. The standard InChI is InChI=1S/C6H14N2O.C6H5NO/c1-3-8(4-2)5-6(7)9;8-6-4-2-1-3-5-7-6/h3-5H2,1-2H3,(H2,7,9);1-5H. The third-order valence-corrected chi connectivity index (χ3v) is 2.02. The minimum Gasteiger partial charge on any atom is -0.369 e. The van der Waals surface area contributed by atoms with E-state index in [9.17, 15) is 9.59 Å². The van der Waals surface area contributed by atoms with Crippen LogP contribution in [0.2, 0.25) is 0 Å². The van der Waals surface area contributed by atoms with E-state index < -0.39 is 0 Å². The Morgan fingerprint density at radius 3 is 2.41 bits per heavy atom. The van der Waals surface area contributed by atoms with Gasteiger partial charge in [0.2, 0.25) is 5.91 Å². The highest BCUT2D eigenvalue weighted by atomic mass is 16.1. The topological polar surface area (TPSA) is 76.3 Å². The molecule has 1 aromatic heterocycles. The van der Waals surface area contributed by atoms with Gasteiger partial charge >= 0.3 is 0 Å². The van der Waals surface area contributed by atoms with Gasteiger partial charge in [0.1, 0.15) is 0 Å². The van der Waals surface area contributed by atoms with E-state index >= 15 is 0 Å². The highest BCUT2D eigenvalue weighted by Gasteiger charge is 2.00. The third kappa shape index (κ3) is 9.19. The number of primary amides is 1. The summed E-state index contributed by atoms with van der Waals surface area (Å²) in [7, 11) is 0. The van der Waals surface area contributed by atoms with Crippen LogP contribution in [0.3, 0.4) is 0 Å². The van der Waals surface area contributed by atoms with Crippen LogP contribution in [-0.4, -0.2) is 35.4 Å². The quantitative estimate of drug-likeness (QED) is 0.814. The summed E-state index contributed by atoms with van der Waals surface area (Å²) in [5.74, 6) is -0.251. The molecule has 1 heterocycles. The normalized spacial score (nSPS) is 9.35. The van der Waals surface area contributed by atoms with Crippen molar-refractivity contribution in [3.63, 3.8) is 0 Å². The second-order valence-corrected chi connectivity index (χ2v) is 3.29. The lowest BCUT2D eigenvalue weighted by atomic mass is 10.5. The van der Waals surface area contributed by atoms with Crippen molar-refractivity contribution in [3.8, 4) is 0 Å². The second kappa shape index (κ2) is 9.47. The van der Waals surface area contributed by atoms with Gasteiger partial charge in [0.25, 0.3) is 5.56 Å². The van der Waals surface area contributed by atoms with Gasteiger partial charge in [-0.05, 0) is 19.2 Å². The first-order valence-corrected chi connectivity index (χ1v) is 5.52. The molecule has 1 aromatic rings. The zero-order valence-corrected chi connectivity index (χ0v) is 10.3. The minimum atomic E-state index is -0.251. The summed E-state index contributed by atoms with van der Waals surface area (Å²) in [5, 5.41) is 0. The van der Waals surface area contributed by atoms with Crippen molar-refractivity contribution in [3.05, 3.63) is 40.8 Å². The molecule has 0 saturated carbocycles. The van der Waals surface area contributed by atoms with Crippen LogP contribution in [0.25, 0.3) is 0 Å². The number of nitrogens with zero attached hydrogens (tertiary/aromatic N) is 2. The van der Waals surface area contributed by atoms with Crippen LogP contribution in [0.4, 0.5) is 0 Å². The third-order valence-electron chi connectivity index (χ3n) is 2.02. The van der Waals surface area contributed by atoms with Crippen LogP contribution in [0.5, 0.6) is 0 Å². The van der Waals surface area contributed by atoms with Crippen LogP contribution >= 0.6 is 0 Å². The van der Waals surface area contributed by atoms with Crippen molar-refractivity contribution in [1.29, 1.82) is 0 Å². The van der Waals surface area contributed by atoms with Crippen molar-refractivity contribution in [1.82, 2.24) is 9.88 Å². The molecule has 0 saturated heterocycles. The molecule has 0 aliphatic rings. The average molecular weight is 237 g/mol. The molecule has 0 unspecified atom stereocenters. The first kappa shape index (κ1) is 15.2. The Balaban J connectivity index is 0.000000302. The van der Waals surface area contributed by atoms with Crippen molar-refractivity contribution in [2.45, 2.75) is 13.8 Å². The van der Waals surface area contributed by atoms with Crippen molar-refractivity contribution in [2.24, 2.45) is 5.73 Å². The van der Waals surface area contributed by atoms with Gasteiger partial charge in [0, 0.05) is 12.3 Å². The Bertz CT molecular complexity index is 356. The highest BCUT2D eigenvalue weighted by Crippen LogP contribution is 1.83. The molecule has 5 nitrogen and oxygen atoms in total. The monoisotopic (exact) mass is 237 g/mol. The van der Waals surface area contributed by atoms with Gasteiger partial charge in [-0.2, -0.15) is 0 Å². The molecule has 0 aliphatic carbocycles. The fourth-order valence-corrected chi connectivity index (χ4v) is 1.08. The molecule has 1 rings (SSSR count). The first-order valence-electron chi connectivity index (χ1n) is 5.52. The number of nitrogens with two attached hydrogens (primary N) is 1. The average Bonchev–Trinajstić information content (AvgIpc) is 2.54. The van der Waals surface area contributed by atoms with Crippen molar-refractivity contribution < 1.29 is 4.79 Å². The van der Waals surface area contributed by atoms with E-state index in [1.807, 2.05) is 18.7 Å². The van der Waals surface area contributed by atoms with E-state index in [-0.39, 0.29) is 11.5 Å². The molecular weight excluding hydrogens is 218 g/mol.